The van der Waals surface area contributed by atoms with E-state index in [1.54, 1.807) is 0 Å². The third kappa shape index (κ3) is 10.5. The fourth-order valence-corrected chi connectivity index (χ4v) is 2.30. The van der Waals surface area contributed by atoms with Crippen LogP contribution in [-0.2, 0) is 23.9 Å². The third-order valence-electron chi connectivity index (χ3n) is 3.47. The van der Waals surface area contributed by atoms with E-state index in [1.807, 2.05) is 6.26 Å². The summed E-state index contributed by atoms with van der Waals surface area (Å²) >= 11 is 1.45. The average molecular weight is 413 g/mol. The van der Waals surface area contributed by atoms with E-state index in [1.165, 1.54) is 11.8 Å². The summed E-state index contributed by atoms with van der Waals surface area (Å²) in [6, 6.07) is -1.02. The monoisotopic (exact) mass is 413 g/mol. The number of nitrogens with two attached hydrogens (primary N) is 1. The summed E-state index contributed by atoms with van der Waals surface area (Å²) in [6.07, 6.45) is -5.92. The zero-order valence-electron chi connectivity index (χ0n) is 14.9. The standard InChI is InChI=1S/C15H27NO10S/c1-27-5-4-8(16)15(24)26-10(14(23)13(22)9(18)6-17)7-25-12(21)3-2-11(19)20/h8-10,13-14,17-18,22-23H,2-7,16H2,1H3,(H,19,20)/t8-,9+,10+,13+,14+/m0/s1. The lowest BCUT2D eigenvalue weighted by Crippen LogP contribution is -2.50. The van der Waals surface area contributed by atoms with Crippen LogP contribution in [0.15, 0.2) is 0 Å². The van der Waals surface area contributed by atoms with Crippen LogP contribution in [0.1, 0.15) is 19.3 Å². The predicted molar refractivity (Wildman–Crippen MR) is 93.8 cm³/mol. The molecule has 158 valence electrons. The van der Waals surface area contributed by atoms with Crippen LogP contribution in [0.25, 0.3) is 0 Å². The second-order valence-corrected chi connectivity index (χ2v) is 6.66. The van der Waals surface area contributed by atoms with Crippen molar-refractivity contribution in [1.29, 1.82) is 0 Å². The molecule has 0 fully saturated rings. The minimum atomic E-state index is -1.90. The first-order valence-electron chi connectivity index (χ1n) is 8.11. The summed E-state index contributed by atoms with van der Waals surface area (Å²) in [5, 5.41) is 46.7. The van der Waals surface area contributed by atoms with Gasteiger partial charge < -0.3 is 40.7 Å². The quantitative estimate of drug-likeness (QED) is 0.163. The molecular weight excluding hydrogens is 386 g/mol. The molecule has 0 amide bonds. The molecule has 12 heteroatoms. The van der Waals surface area contributed by atoms with Crippen molar-refractivity contribution >= 4 is 29.7 Å². The lowest BCUT2D eigenvalue weighted by atomic mass is 10.0. The SMILES string of the molecule is CSCC[C@H](N)C(=O)O[C@H](COC(=O)CCC(=O)O)[C@@H](O)[C@H](O)[C@H](O)CO. The number of aliphatic hydroxyl groups is 4. The van der Waals surface area contributed by atoms with Gasteiger partial charge in [0.25, 0.3) is 0 Å². The molecule has 0 aliphatic heterocycles. The average Bonchev–Trinajstić information content (AvgIpc) is 2.65. The zero-order chi connectivity index (χ0) is 21.0. The first kappa shape index (κ1) is 25.6. The lowest BCUT2D eigenvalue weighted by Gasteiger charge is -2.29. The van der Waals surface area contributed by atoms with Crippen molar-refractivity contribution in [3.05, 3.63) is 0 Å². The maximum absolute atomic E-state index is 12.0. The second kappa shape index (κ2) is 13.7. The molecule has 0 saturated heterocycles. The molecule has 0 unspecified atom stereocenters. The van der Waals surface area contributed by atoms with Gasteiger partial charge >= 0.3 is 17.9 Å². The number of esters is 2. The summed E-state index contributed by atoms with van der Waals surface area (Å²) in [7, 11) is 0. The van der Waals surface area contributed by atoms with Crippen molar-refractivity contribution in [1.82, 2.24) is 0 Å². The summed E-state index contributed by atoms with van der Waals surface area (Å²) < 4.78 is 9.75. The van der Waals surface area contributed by atoms with E-state index in [9.17, 15) is 29.7 Å². The molecule has 0 aromatic rings. The van der Waals surface area contributed by atoms with Crippen molar-refractivity contribution < 1.29 is 49.4 Å². The van der Waals surface area contributed by atoms with Gasteiger partial charge in [-0.3, -0.25) is 14.4 Å². The van der Waals surface area contributed by atoms with E-state index in [-0.39, 0.29) is 6.42 Å². The van der Waals surface area contributed by atoms with Gasteiger partial charge in [-0.15, -0.1) is 0 Å². The van der Waals surface area contributed by atoms with E-state index in [0.717, 1.165) is 0 Å². The Bertz CT molecular complexity index is 478. The normalized spacial score (nSPS) is 16.7. The highest BCUT2D eigenvalue weighted by molar-refractivity contribution is 7.98. The summed E-state index contributed by atoms with van der Waals surface area (Å²) in [5.74, 6) is -2.48. The fourth-order valence-electron chi connectivity index (χ4n) is 1.81. The number of hydrogen-bond acceptors (Lipinski definition) is 11. The fraction of sp³-hybridized carbons (Fsp3) is 0.800. The van der Waals surface area contributed by atoms with Crippen LogP contribution in [0.2, 0.25) is 0 Å². The number of carboxylic acids is 1. The number of carbonyl (C=O) groups is 3. The number of aliphatic hydroxyl groups excluding tert-OH is 4. The molecule has 0 aliphatic rings. The van der Waals surface area contributed by atoms with Crippen molar-refractivity contribution in [3.63, 3.8) is 0 Å². The number of aliphatic carboxylic acids is 1. The second-order valence-electron chi connectivity index (χ2n) is 5.67. The highest BCUT2D eigenvalue weighted by atomic mass is 32.2. The van der Waals surface area contributed by atoms with Gasteiger partial charge in [0.1, 0.15) is 31.0 Å². The van der Waals surface area contributed by atoms with Crippen molar-refractivity contribution in [2.75, 3.05) is 25.2 Å². The number of carbonyl (C=O) groups excluding carboxylic acids is 2. The van der Waals surface area contributed by atoms with Crippen molar-refractivity contribution in [2.45, 2.75) is 49.7 Å². The van der Waals surface area contributed by atoms with Gasteiger partial charge in [0.15, 0.2) is 6.10 Å². The molecule has 0 saturated carbocycles. The first-order chi connectivity index (χ1) is 12.6. The Morgan fingerprint density at radius 2 is 1.74 bits per heavy atom. The Labute approximate surface area is 160 Å². The Hall–Kier alpha value is -1.44. The van der Waals surface area contributed by atoms with Crippen molar-refractivity contribution in [3.8, 4) is 0 Å². The van der Waals surface area contributed by atoms with Crippen LogP contribution in [-0.4, -0.2) is 99.1 Å². The Balaban J connectivity index is 4.95. The highest BCUT2D eigenvalue weighted by Crippen LogP contribution is 2.12. The molecule has 11 nitrogen and oxygen atoms in total. The van der Waals surface area contributed by atoms with Crippen LogP contribution < -0.4 is 5.73 Å². The number of carboxylic acid groups (broad SMARTS) is 1. The van der Waals surface area contributed by atoms with E-state index >= 15 is 0 Å². The third-order valence-corrected chi connectivity index (χ3v) is 4.11. The van der Waals surface area contributed by atoms with E-state index in [4.69, 9.17) is 25.4 Å². The summed E-state index contributed by atoms with van der Waals surface area (Å²) in [4.78, 5) is 34.0. The van der Waals surface area contributed by atoms with E-state index in [0.29, 0.717) is 5.75 Å². The van der Waals surface area contributed by atoms with Gasteiger partial charge in [-0.1, -0.05) is 0 Å². The molecule has 0 bridgehead atoms. The Morgan fingerprint density at radius 3 is 2.26 bits per heavy atom. The van der Waals surface area contributed by atoms with Gasteiger partial charge in [-0.25, -0.2) is 0 Å². The Kier molecular flexibility index (Phi) is 13.0. The van der Waals surface area contributed by atoms with Gasteiger partial charge in [-0.2, -0.15) is 11.8 Å². The van der Waals surface area contributed by atoms with E-state index < -0.39 is 74.4 Å². The lowest BCUT2D eigenvalue weighted by molar-refractivity contribution is -0.179. The topological polar surface area (TPSA) is 197 Å². The molecule has 0 rings (SSSR count). The molecule has 5 atom stereocenters. The molecule has 7 N–H and O–H groups in total. The number of hydrogen-bond donors (Lipinski definition) is 6. The smallest absolute Gasteiger partial charge is 0.323 e. The minimum absolute atomic E-state index is 0.281. The van der Waals surface area contributed by atoms with Gasteiger partial charge in [-0.05, 0) is 18.4 Å². The minimum Gasteiger partial charge on any atom is -0.481 e. The molecule has 0 aliphatic carbocycles. The van der Waals surface area contributed by atoms with Crippen LogP contribution in [0.3, 0.4) is 0 Å². The van der Waals surface area contributed by atoms with Gasteiger partial charge in [0.05, 0.1) is 19.4 Å². The largest absolute Gasteiger partial charge is 0.481 e. The molecule has 0 aromatic heterocycles. The van der Waals surface area contributed by atoms with Crippen LogP contribution in [0.4, 0.5) is 0 Å². The van der Waals surface area contributed by atoms with E-state index in [2.05, 4.69) is 0 Å². The first-order valence-corrected chi connectivity index (χ1v) is 9.50. The number of rotatable bonds is 14. The number of ether oxygens (including phenoxy) is 2. The summed E-state index contributed by atoms with van der Waals surface area (Å²) in [6.45, 7) is -1.57. The maximum Gasteiger partial charge on any atom is 0.323 e. The maximum atomic E-state index is 12.0. The van der Waals surface area contributed by atoms with Gasteiger partial charge in [0.2, 0.25) is 0 Å². The molecule has 0 heterocycles. The predicted octanol–water partition coefficient (Wildman–Crippen LogP) is -2.54. The molecular formula is C15H27NO10S. The number of thioether (sulfide) groups is 1. The molecule has 27 heavy (non-hydrogen) atoms. The molecule has 0 aromatic carbocycles. The Morgan fingerprint density at radius 1 is 1.11 bits per heavy atom. The van der Waals surface area contributed by atoms with Crippen LogP contribution in [0, 0.1) is 0 Å². The van der Waals surface area contributed by atoms with Crippen molar-refractivity contribution in [2.24, 2.45) is 5.73 Å². The van der Waals surface area contributed by atoms with Gasteiger partial charge in [0, 0.05) is 0 Å². The summed E-state index contributed by atoms with van der Waals surface area (Å²) in [5.41, 5.74) is 5.66. The van der Waals surface area contributed by atoms with Crippen LogP contribution in [0.5, 0.6) is 0 Å². The van der Waals surface area contributed by atoms with Crippen LogP contribution >= 0.6 is 11.8 Å². The molecule has 0 radical (unpaired) electrons. The highest BCUT2D eigenvalue weighted by Gasteiger charge is 2.35. The molecule has 0 spiro atoms. The zero-order valence-corrected chi connectivity index (χ0v) is 15.7.